The summed E-state index contributed by atoms with van der Waals surface area (Å²) in [4.78, 5) is 1.60. The molecular weight excluding hydrogens is 128 g/mol. The molecule has 0 aliphatic carbocycles. The normalized spacial score (nSPS) is 33.5. The molecule has 1 unspecified atom stereocenters. The molecule has 0 saturated carbocycles. The molecule has 1 rings (SSSR count). The third-order valence-corrected chi connectivity index (χ3v) is 1.82. The maximum absolute atomic E-state index is 9.48. The van der Waals surface area contributed by atoms with Crippen molar-refractivity contribution in [3.05, 3.63) is 0 Å². The number of nitrogens with zero attached hydrogens (tertiary/aromatic N) is 2. The zero-order chi connectivity index (χ0) is 7.61. The van der Waals surface area contributed by atoms with Gasteiger partial charge in [-0.3, -0.25) is 0 Å². The lowest BCUT2D eigenvalue weighted by molar-refractivity contribution is 0.00200. The van der Waals surface area contributed by atoms with Gasteiger partial charge in [0.25, 0.3) is 0 Å². The van der Waals surface area contributed by atoms with E-state index >= 15 is 0 Å². The van der Waals surface area contributed by atoms with Gasteiger partial charge in [0.15, 0.2) is 6.19 Å². The van der Waals surface area contributed by atoms with E-state index in [1.165, 1.54) is 0 Å². The molecule has 1 fully saturated rings. The lowest BCUT2D eigenvalue weighted by atomic mass is 9.96. The molecule has 0 aromatic heterocycles. The monoisotopic (exact) mass is 140 g/mol. The Bertz CT molecular complexity index is 159. The molecule has 56 valence electrons. The van der Waals surface area contributed by atoms with Crippen LogP contribution in [0.3, 0.4) is 0 Å². The molecule has 0 spiro atoms. The van der Waals surface area contributed by atoms with E-state index in [0.29, 0.717) is 6.54 Å². The van der Waals surface area contributed by atoms with Gasteiger partial charge in [0.1, 0.15) is 0 Å². The molecule has 1 saturated heterocycles. The summed E-state index contributed by atoms with van der Waals surface area (Å²) in [6.45, 7) is 3.06. The quantitative estimate of drug-likeness (QED) is 0.493. The smallest absolute Gasteiger partial charge is 0.179 e. The average Bonchev–Trinajstić information content (AvgIpc) is 1.86. The highest BCUT2D eigenvalue weighted by Gasteiger charge is 2.27. The molecule has 3 heteroatoms. The molecule has 1 aliphatic heterocycles. The highest BCUT2D eigenvalue weighted by atomic mass is 16.3. The first-order valence-corrected chi connectivity index (χ1v) is 3.51. The zero-order valence-corrected chi connectivity index (χ0v) is 6.17. The minimum absolute atomic E-state index is 0.490. The second-order valence-electron chi connectivity index (χ2n) is 3.12. The number of nitriles is 1. The van der Waals surface area contributed by atoms with Gasteiger partial charge in [0, 0.05) is 6.54 Å². The summed E-state index contributed by atoms with van der Waals surface area (Å²) in [6.07, 6.45) is 3.76. The van der Waals surface area contributed by atoms with Gasteiger partial charge in [-0.25, -0.2) is 0 Å². The molecule has 10 heavy (non-hydrogen) atoms. The van der Waals surface area contributed by atoms with Crippen molar-refractivity contribution in [1.29, 1.82) is 5.26 Å². The molecule has 0 aromatic carbocycles. The first kappa shape index (κ1) is 7.36. The fraction of sp³-hybridized carbons (Fsp3) is 0.857. The number of hydrogen-bond acceptors (Lipinski definition) is 3. The van der Waals surface area contributed by atoms with Crippen LogP contribution in [0.1, 0.15) is 19.8 Å². The Kier molecular flexibility index (Phi) is 1.82. The predicted octanol–water partition coefficient (Wildman–Crippen LogP) is 0.314. The summed E-state index contributed by atoms with van der Waals surface area (Å²) >= 11 is 0. The lowest BCUT2D eigenvalue weighted by Gasteiger charge is -2.33. The summed E-state index contributed by atoms with van der Waals surface area (Å²) in [5, 5.41) is 18.0. The molecule has 1 heterocycles. The summed E-state index contributed by atoms with van der Waals surface area (Å²) in [5.41, 5.74) is -0.645. The fourth-order valence-electron chi connectivity index (χ4n) is 1.31. The second kappa shape index (κ2) is 2.47. The number of likely N-dealkylation sites (tertiary alicyclic amines) is 1. The number of aliphatic hydroxyl groups is 1. The van der Waals surface area contributed by atoms with Gasteiger partial charge in [0.05, 0.1) is 12.1 Å². The Morgan fingerprint density at radius 3 is 2.80 bits per heavy atom. The number of hydrogen-bond donors (Lipinski definition) is 1. The van der Waals surface area contributed by atoms with Crippen LogP contribution in [-0.2, 0) is 0 Å². The SMILES string of the molecule is CC1(O)CCCN(C#N)C1. The van der Waals surface area contributed by atoms with E-state index in [2.05, 4.69) is 0 Å². The molecule has 0 bridgehead atoms. The largest absolute Gasteiger partial charge is 0.388 e. The van der Waals surface area contributed by atoms with E-state index in [1.807, 2.05) is 6.19 Å². The van der Waals surface area contributed by atoms with Crippen molar-refractivity contribution in [2.75, 3.05) is 13.1 Å². The van der Waals surface area contributed by atoms with Crippen LogP contribution in [0, 0.1) is 11.5 Å². The molecule has 0 radical (unpaired) electrons. The first-order valence-electron chi connectivity index (χ1n) is 3.51. The van der Waals surface area contributed by atoms with E-state index in [4.69, 9.17) is 5.26 Å². The van der Waals surface area contributed by atoms with Gasteiger partial charge in [-0.05, 0) is 19.8 Å². The van der Waals surface area contributed by atoms with Crippen molar-refractivity contribution in [1.82, 2.24) is 4.90 Å². The predicted molar refractivity (Wildman–Crippen MR) is 37.0 cm³/mol. The van der Waals surface area contributed by atoms with Gasteiger partial charge in [-0.15, -0.1) is 0 Å². The maximum atomic E-state index is 9.48. The standard InChI is InChI=1S/C7H12N2O/c1-7(10)3-2-4-9(5-7)6-8/h10H,2-5H2,1H3. The Hall–Kier alpha value is -0.750. The van der Waals surface area contributed by atoms with Crippen LogP contribution in [0.25, 0.3) is 0 Å². The van der Waals surface area contributed by atoms with E-state index in [9.17, 15) is 5.11 Å². The Morgan fingerprint density at radius 2 is 2.40 bits per heavy atom. The third kappa shape index (κ3) is 1.61. The van der Waals surface area contributed by atoms with Crippen molar-refractivity contribution in [3.63, 3.8) is 0 Å². The number of piperidine rings is 1. The second-order valence-corrected chi connectivity index (χ2v) is 3.12. The summed E-state index contributed by atoms with van der Waals surface area (Å²) in [5.74, 6) is 0. The van der Waals surface area contributed by atoms with Crippen molar-refractivity contribution in [2.45, 2.75) is 25.4 Å². The Morgan fingerprint density at radius 1 is 1.70 bits per heavy atom. The summed E-state index contributed by atoms with van der Waals surface area (Å²) in [7, 11) is 0. The van der Waals surface area contributed by atoms with Gasteiger partial charge >= 0.3 is 0 Å². The number of β-amino-alcohol motifs (C(OH)–C–C–N with tert-alkyl or cyclic N) is 1. The van der Waals surface area contributed by atoms with Gasteiger partial charge in [0.2, 0.25) is 0 Å². The molecule has 3 nitrogen and oxygen atoms in total. The van der Waals surface area contributed by atoms with Gasteiger partial charge in [-0.1, -0.05) is 0 Å². The summed E-state index contributed by atoms with van der Waals surface area (Å²) < 4.78 is 0. The van der Waals surface area contributed by atoms with Crippen molar-refractivity contribution in [3.8, 4) is 6.19 Å². The van der Waals surface area contributed by atoms with Crippen LogP contribution in [0.2, 0.25) is 0 Å². The Balaban J connectivity index is 2.49. The minimum Gasteiger partial charge on any atom is -0.388 e. The minimum atomic E-state index is -0.645. The third-order valence-electron chi connectivity index (χ3n) is 1.82. The maximum Gasteiger partial charge on any atom is 0.179 e. The van der Waals surface area contributed by atoms with E-state index < -0.39 is 5.60 Å². The molecule has 0 amide bonds. The van der Waals surface area contributed by atoms with E-state index in [0.717, 1.165) is 19.4 Å². The Labute approximate surface area is 60.9 Å². The average molecular weight is 140 g/mol. The lowest BCUT2D eigenvalue weighted by Crippen LogP contribution is -2.43. The highest BCUT2D eigenvalue weighted by Crippen LogP contribution is 2.18. The van der Waals surface area contributed by atoms with Crippen LogP contribution in [-0.4, -0.2) is 28.7 Å². The van der Waals surface area contributed by atoms with Gasteiger partial charge in [-0.2, -0.15) is 5.26 Å². The van der Waals surface area contributed by atoms with E-state index in [1.54, 1.807) is 11.8 Å². The van der Waals surface area contributed by atoms with E-state index in [-0.39, 0.29) is 0 Å². The molecule has 0 aromatic rings. The molecule has 1 N–H and O–H groups in total. The molecule has 1 aliphatic rings. The first-order chi connectivity index (χ1) is 4.64. The van der Waals surface area contributed by atoms with Crippen LogP contribution >= 0.6 is 0 Å². The topological polar surface area (TPSA) is 47.3 Å². The van der Waals surface area contributed by atoms with Crippen LogP contribution in [0.4, 0.5) is 0 Å². The molecular formula is C7H12N2O. The van der Waals surface area contributed by atoms with Crippen LogP contribution < -0.4 is 0 Å². The van der Waals surface area contributed by atoms with Gasteiger partial charge < -0.3 is 10.0 Å². The van der Waals surface area contributed by atoms with Crippen molar-refractivity contribution < 1.29 is 5.11 Å². The zero-order valence-electron chi connectivity index (χ0n) is 6.17. The van der Waals surface area contributed by atoms with Crippen LogP contribution in [0.5, 0.6) is 0 Å². The fourth-order valence-corrected chi connectivity index (χ4v) is 1.31. The van der Waals surface area contributed by atoms with Crippen LogP contribution in [0.15, 0.2) is 0 Å². The number of rotatable bonds is 0. The molecule has 1 atom stereocenters. The highest BCUT2D eigenvalue weighted by molar-refractivity contribution is 4.88. The van der Waals surface area contributed by atoms with Crippen molar-refractivity contribution in [2.24, 2.45) is 0 Å². The van der Waals surface area contributed by atoms with Crippen molar-refractivity contribution >= 4 is 0 Å². The summed E-state index contributed by atoms with van der Waals surface area (Å²) in [6, 6.07) is 0.